The van der Waals surface area contributed by atoms with E-state index in [1.807, 2.05) is 42.6 Å². The van der Waals surface area contributed by atoms with Crippen molar-refractivity contribution < 1.29 is 4.79 Å². The van der Waals surface area contributed by atoms with Crippen molar-refractivity contribution in [2.24, 2.45) is 11.3 Å². The fraction of sp³-hybridized carbons (Fsp3) is 0.367. The second kappa shape index (κ2) is 9.97. The van der Waals surface area contributed by atoms with Crippen LogP contribution in [0, 0.1) is 22.7 Å². The lowest BCUT2D eigenvalue weighted by molar-refractivity contribution is -0.117. The number of nitrogens with one attached hydrogen (secondary N) is 2. The van der Waals surface area contributed by atoms with E-state index >= 15 is 0 Å². The van der Waals surface area contributed by atoms with E-state index in [9.17, 15) is 10.1 Å². The van der Waals surface area contributed by atoms with E-state index in [1.54, 1.807) is 6.07 Å². The molecule has 1 amide bonds. The van der Waals surface area contributed by atoms with Crippen molar-refractivity contribution in [1.82, 2.24) is 19.6 Å². The van der Waals surface area contributed by atoms with Gasteiger partial charge in [0, 0.05) is 29.1 Å². The maximum atomic E-state index is 12.8. The van der Waals surface area contributed by atoms with Gasteiger partial charge in [-0.2, -0.15) is 10.4 Å². The number of carbonyl (C=O) groups is 1. The van der Waals surface area contributed by atoms with Crippen LogP contribution in [0.4, 0.5) is 11.6 Å². The molecule has 0 spiro atoms. The topological polar surface area (TPSA) is 108 Å². The Morgan fingerprint density at radius 3 is 2.72 bits per heavy atom. The van der Waals surface area contributed by atoms with Crippen LogP contribution >= 0.6 is 11.6 Å². The van der Waals surface area contributed by atoms with E-state index in [0.29, 0.717) is 35.5 Å². The molecule has 198 valence electrons. The number of amides is 1. The van der Waals surface area contributed by atoms with Crippen LogP contribution in [0.5, 0.6) is 0 Å². The number of fused-ring (bicyclic) bond motifs is 1. The molecule has 1 aromatic carbocycles. The van der Waals surface area contributed by atoms with Crippen LogP contribution in [0.15, 0.2) is 54.9 Å². The van der Waals surface area contributed by atoms with Crippen LogP contribution in [0.25, 0.3) is 5.52 Å². The van der Waals surface area contributed by atoms with Gasteiger partial charge in [0.15, 0.2) is 0 Å². The summed E-state index contributed by atoms with van der Waals surface area (Å²) in [5, 5.41) is 21.3. The first-order valence-electron chi connectivity index (χ1n) is 13.3. The highest BCUT2D eigenvalue weighted by Crippen LogP contribution is 2.48. The first kappa shape index (κ1) is 25.3. The zero-order chi connectivity index (χ0) is 27.1. The average molecular weight is 540 g/mol. The summed E-state index contributed by atoms with van der Waals surface area (Å²) in [7, 11) is 0. The van der Waals surface area contributed by atoms with Crippen LogP contribution in [-0.4, -0.2) is 25.5 Å². The molecule has 0 radical (unpaired) electrons. The molecule has 6 rings (SSSR count). The summed E-state index contributed by atoms with van der Waals surface area (Å²) in [6.45, 7) is 4.38. The third kappa shape index (κ3) is 5.74. The Labute approximate surface area is 232 Å². The molecule has 0 saturated heterocycles. The smallest absolute Gasteiger partial charge is 0.229 e. The molecular weight excluding hydrogens is 510 g/mol. The van der Waals surface area contributed by atoms with Crippen LogP contribution in [-0.2, 0) is 17.8 Å². The first-order valence-corrected chi connectivity index (χ1v) is 13.7. The molecular formula is C30H30ClN7O. The maximum Gasteiger partial charge on any atom is 0.229 e. The zero-order valence-corrected chi connectivity index (χ0v) is 22.7. The summed E-state index contributed by atoms with van der Waals surface area (Å²) in [4.78, 5) is 21.3. The second-order valence-corrected chi connectivity index (χ2v) is 11.8. The monoisotopic (exact) mass is 539 g/mol. The number of anilines is 2. The number of carbonyl (C=O) groups excluding carboxylic acids is 1. The van der Waals surface area contributed by atoms with Crippen LogP contribution in [0.3, 0.4) is 0 Å². The highest BCUT2D eigenvalue weighted by molar-refractivity contribution is 6.30. The number of pyridine rings is 1. The lowest BCUT2D eigenvalue weighted by Gasteiger charge is -2.17. The fourth-order valence-corrected chi connectivity index (χ4v) is 5.31. The summed E-state index contributed by atoms with van der Waals surface area (Å²) >= 11 is 6.11. The molecule has 2 aliphatic rings. The number of rotatable bonds is 9. The van der Waals surface area contributed by atoms with Crippen LogP contribution in [0.2, 0.25) is 5.02 Å². The third-order valence-corrected chi connectivity index (χ3v) is 7.69. The number of hydrogen-bond donors (Lipinski definition) is 2. The molecule has 39 heavy (non-hydrogen) atoms. The van der Waals surface area contributed by atoms with Gasteiger partial charge in [-0.3, -0.25) is 4.79 Å². The number of halogens is 1. The van der Waals surface area contributed by atoms with E-state index in [2.05, 4.69) is 44.9 Å². The Morgan fingerprint density at radius 1 is 1.13 bits per heavy atom. The normalized spacial score (nSPS) is 18.5. The van der Waals surface area contributed by atoms with Crippen molar-refractivity contribution in [2.45, 2.75) is 57.9 Å². The van der Waals surface area contributed by atoms with Gasteiger partial charge in [0.25, 0.3) is 0 Å². The van der Waals surface area contributed by atoms with E-state index in [0.717, 1.165) is 28.9 Å². The minimum atomic E-state index is -0.476. The van der Waals surface area contributed by atoms with Crippen molar-refractivity contribution in [1.29, 1.82) is 5.26 Å². The minimum absolute atomic E-state index is 0.0516. The largest absolute Gasteiger partial charge is 0.364 e. The number of nitriles is 1. The predicted molar refractivity (Wildman–Crippen MR) is 151 cm³/mol. The Morgan fingerprint density at radius 2 is 1.95 bits per heavy atom. The van der Waals surface area contributed by atoms with Crippen molar-refractivity contribution >= 4 is 34.7 Å². The first-order chi connectivity index (χ1) is 18.8. The molecule has 8 nitrogen and oxygen atoms in total. The summed E-state index contributed by atoms with van der Waals surface area (Å²) in [5.74, 6) is 1.71. The lowest BCUT2D eigenvalue weighted by Crippen LogP contribution is -2.16. The number of benzene rings is 1. The fourth-order valence-electron chi connectivity index (χ4n) is 5.12. The van der Waals surface area contributed by atoms with Gasteiger partial charge in [-0.15, -0.1) is 0 Å². The standard InChI is InChI=1S/C30H30ClN7O/c1-30(2,16-32)14-24-10-20(18-6-7-18)9-23-11-22(37-38(23)24)15-33-27-13-28(35-17-34-27)36-29(39)26-12-25(26)19-4-3-5-21(31)8-19/h3-5,8-11,13,17-18,25-26H,6-7,12,14-15H2,1-2H3,(H2,33,34,35,36,39)/t25-,26+/m1/s1. The minimum Gasteiger partial charge on any atom is -0.364 e. The highest BCUT2D eigenvalue weighted by atomic mass is 35.5. The molecule has 2 fully saturated rings. The second-order valence-electron chi connectivity index (χ2n) is 11.3. The van der Waals surface area contributed by atoms with Gasteiger partial charge in [0.05, 0.1) is 29.2 Å². The van der Waals surface area contributed by atoms with Gasteiger partial charge in [-0.1, -0.05) is 23.7 Å². The van der Waals surface area contributed by atoms with Crippen molar-refractivity contribution in [3.05, 3.63) is 82.4 Å². The highest BCUT2D eigenvalue weighted by Gasteiger charge is 2.44. The SMILES string of the molecule is CC(C)(C#N)Cc1cc(C2CC2)cc2cc(CNc3cc(NC(=O)[C@H]4C[C@@H]4c4cccc(Cl)c4)ncn3)nn12. The van der Waals surface area contributed by atoms with E-state index in [4.69, 9.17) is 16.7 Å². The molecule has 0 aliphatic heterocycles. The molecule has 3 aromatic heterocycles. The van der Waals surface area contributed by atoms with Crippen molar-refractivity contribution in [2.75, 3.05) is 10.6 Å². The Balaban J connectivity index is 1.13. The molecule has 0 bridgehead atoms. The summed E-state index contributed by atoms with van der Waals surface area (Å²) in [6.07, 6.45) is 5.30. The Hall–Kier alpha value is -3.96. The van der Waals surface area contributed by atoms with Crippen molar-refractivity contribution in [3.63, 3.8) is 0 Å². The van der Waals surface area contributed by atoms with Gasteiger partial charge in [-0.25, -0.2) is 14.5 Å². The lowest BCUT2D eigenvalue weighted by atomic mass is 9.89. The van der Waals surface area contributed by atoms with Gasteiger partial charge in [0.2, 0.25) is 5.91 Å². The van der Waals surface area contributed by atoms with Gasteiger partial charge in [0.1, 0.15) is 18.0 Å². The molecule has 3 heterocycles. The number of aromatic nitrogens is 4. The van der Waals surface area contributed by atoms with Crippen molar-refractivity contribution in [3.8, 4) is 6.07 Å². The number of nitrogens with zero attached hydrogens (tertiary/aromatic N) is 5. The van der Waals surface area contributed by atoms with E-state index in [-0.39, 0.29) is 17.7 Å². The summed E-state index contributed by atoms with van der Waals surface area (Å²) in [5.41, 5.74) is 4.89. The summed E-state index contributed by atoms with van der Waals surface area (Å²) < 4.78 is 1.96. The predicted octanol–water partition coefficient (Wildman–Crippen LogP) is 6.10. The molecule has 9 heteroatoms. The molecule has 2 aliphatic carbocycles. The average Bonchev–Trinajstić information content (AvgIpc) is 3.84. The summed E-state index contributed by atoms with van der Waals surface area (Å²) in [6, 6.07) is 18.3. The van der Waals surface area contributed by atoms with E-state index in [1.165, 1.54) is 24.7 Å². The Kier molecular flexibility index (Phi) is 6.48. The Bertz CT molecular complexity index is 1600. The zero-order valence-electron chi connectivity index (χ0n) is 22.0. The van der Waals surface area contributed by atoms with Crippen LogP contribution < -0.4 is 10.6 Å². The van der Waals surface area contributed by atoms with Gasteiger partial charge < -0.3 is 10.6 Å². The van der Waals surface area contributed by atoms with Gasteiger partial charge in [-0.05, 0) is 86.4 Å². The maximum absolute atomic E-state index is 12.8. The third-order valence-electron chi connectivity index (χ3n) is 7.45. The van der Waals surface area contributed by atoms with E-state index < -0.39 is 5.41 Å². The van der Waals surface area contributed by atoms with Crippen LogP contribution in [0.1, 0.15) is 67.5 Å². The molecule has 2 N–H and O–H groups in total. The molecule has 0 unspecified atom stereocenters. The quantitative estimate of drug-likeness (QED) is 0.266. The number of hydrogen-bond acceptors (Lipinski definition) is 6. The molecule has 4 aromatic rings. The van der Waals surface area contributed by atoms with Gasteiger partial charge >= 0.3 is 0 Å². The molecule has 2 saturated carbocycles. The molecule has 2 atom stereocenters.